The highest BCUT2D eigenvalue weighted by Gasteiger charge is 2.15. The number of fused-ring (bicyclic) bond motifs is 2. The first-order chi connectivity index (χ1) is 13.1. The summed E-state index contributed by atoms with van der Waals surface area (Å²) in [5.41, 5.74) is 10.4. The predicted molar refractivity (Wildman–Crippen MR) is 107 cm³/mol. The number of aromatic nitrogens is 1. The van der Waals surface area contributed by atoms with Gasteiger partial charge in [-0.2, -0.15) is 0 Å². The fraction of sp³-hybridized carbons (Fsp3) is 0.273. The summed E-state index contributed by atoms with van der Waals surface area (Å²) in [5, 5.41) is 1.00. The van der Waals surface area contributed by atoms with Crippen LogP contribution in [0.1, 0.15) is 31.2 Å². The Kier molecular flexibility index (Phi) is 4.75. The van der Waals surface area contributed by atoms with Gasteiger partial charge >= 0.3 is 0 Å². The molecule has 4 rings (SSSR count). The molecule has 0 fully saturated rings. The Morgan fingerprint density at radius 1 is 1.26 bits per heavy atom. The largest absolute Gasteiger partial charge is 0.370 e. The molecule has 1 unspecified atom stereocenters. The molecule has 0 aliphatic carbocycles. The highest BCUT2D eigenvalue weighted by atomic mass is 19.1. The Balaban J connectivity index is 1.62. The van der Waals surface area contributed by atoms with Gasteiger partial charge < -0.3 is 10.7 Å². The van der Waals surface area contributed by atoms with Crippen LogP contribution in [0.5, 0.6) is 0 Å². The van der Waals surface area contributed by atoms with Crippen molar-refractivity contribution < 1.29 is 9.18 Å². The van der Waals surface area contributed by atoms with E-state index in [1.54, 1.807) is 0 Å². The molecule has 0 radical (unpaired) electrons. The van der Waals surface area contributed by atoms with E-state index in [0.29, 0.717) is 12.3 Å². The smallest absolute Gasteiger partial charge is 0.217 e. The van der Waals surface area contributed by atoms with Crippen molar-refractivity contribution in [1.29, 1.82) is 0 Å². The summed E-state index contributed by atoms with van der Waals surface area (Å²) >= 11 is 0. The average Bonchev–Trinajstić information content (AvgIpc) is 3.04. The first-order valence-corrected chi connectivity index (χ1v) is 9.31. The summed E-state index contributed by atoms with van der Waals surface area (Å²) in [6.07, 6.45) is 7.92. The van der Waals surface area contributed by atoms with E-state index in [1.807, 2.05) is 24.5 Å². The van der Waals surface area contributed by atoms with Gasteiger partial charge in [-0.3, -0.25) is 9.79 Å². The first-order valence-electron chi connectivity index (χ1n) is 9.31. The molecule has 27 heavy (non-hydrogen) atoms. The van der Waals surface area contributed by atoms with Crippen molar-refractivity contribution in [2.45, 2.75) is 32.1 Å². The van der Waals surface area contributed by atoms with Gasteiger partial charge in [0.15, 0.2) is 0 Å². The number of nitrogens with one attached hydrogen (secondary N) is 1. The Bertz CT molecular complexity index is 1020. The maximum Gasteiger partial charge on any atom is 0.217 e. The number of primary amides is 1. The van der Waals surface area contributed by atoms with Crippen LogP contribution in [0.4, 0.5) is 10.1 Å². The number of nitrogens with two attached hydrogens (primary N) is 1. The molecule has 3 aromatic rings. The highest BCUT2D eigenvalue weighted by Crippen LogP contribution is 2.34. The Morgan fingerprint density at radius 3 is 3.00 bits per heavy atom. The third-order valence-corrected chi connectivity index (χ3v) is 5.32. The number of hydrogen-bond acceptors (Lipinski definition) is 2. The van der Waals surface area contributed by atoms with Gasteiger partial charge in [0.25, 0.3) is 0 Å². The number of halogens is 1. The van der Waals surface area contributed by atoms with E-state index in [4.69, 9.17) is 5.73 Å². The third-order valence-electron chi connectivity index (χ3n) is 5.32. The summed E-state index contributed by atoms with van der Waals surface area (Å²) in [6, 6.07) is 11.1. The van der Waals surface area contributed by atoms with Crippen molar-refractivity contribution in [3.8, 4) is 11.1 Å². The number of carbonyl (C=O) groups excluding carboxylic acids is 1. The van der Waals surface area contributed by atoms with E-state index in [-0.39, 0.29) is 11.7 Å². The van der Waals surface area contributed by atoms with E-state index >= 15 is 0 Å². The van der Waals surface area contributed by atoms with Gasteiger partial charge in [0.2, 0.25) is 5.91 Å². The van der Waals surface area contributed by atoms with Crippen LogP contribution in [-0.4, -0.2) is 17.1 Å². The number of carbonyl (C=O) groups is 1. The second kappa shape index (κ2) is 7.35. The zero-order chi connectivity index (χ0) is 18.8. The predicted octanol–water partition coefficient (Wildman–Crippen LogP) is 4.89. The van der Waals surface area contributed by atoms with E-state index < -0.39 is 0 Å². The lowest BCUT2D eigenvalue weighted by atomic mass is 9.90. The zero-order valence-corrected chi connectivity index (χ0v) is 15.0. The van der Waals surface area contributed by atoms with Crippen LogP contribution in [0.2, 0.25) is 0 Å². The normalized spacial score (nSPS) is 16.7. The van der Waals surface area contributed by atoms with Crippen molar-refractivity contribution in [2.24, 2.45) is 16.6 Å². The lowest BCUT2D eigenvalue weighted by Crippen LogP contribution is -2.14. The SMILES string of the molecule is NC(=O)CCC1CC=Nc2ccc(-c3c[nH]c4cc(F)ccc34)cc2CC1. The van der Waals surface area contributed by atoms with Crippen molar-refractivity contribution in [1.82, 2.24) is 4.98 Å². The van der Waals surface area contributed by atoms with E-state index in [0.717, 1.165) is 53.4 Å². The zero-order valence-electron chi connectivity index (χ0n) is 15.0. The third kappa shape index (κ3) is 3.77. The molecule has 2 aromatic carbocycles. The second-order valence-corrected chi connectivity index (χ2v) is 7.19. The minimum atomic E-state index is -0.245. The molecule has 2 heterocycles. The Hall–Kier alpha value is -2.95. The van der Waals surface area contributed by atoms with Crippen molar-refractivity contribution >= 4 is 28.7 Å². The molecule has 1 aliphatic heterocycles. The molecule has 5 heteroatoms. The van der Waals surface area contributed by atoms with Crippen LogP contribution in [0.25, 0.3) is 22.0 Å². The molecule has 138 valence electrons. The van der Waals surface area contributed by atoms with Gasteiger partial charge in [-0.15, -0.1) is 0 Å². The van der Waals surface area contributed by atoms with Gasteiger partial charge in [-0.1, -0.05) is 6.07 Å². The molecule has 1 aromatic heterocycles. The Morgan fingerprint density at radius 2 is 2.15 bits per heavy atom. The minimum absolute atomic E-state index is 0.243. The fourth-order valence-electron chi connectivity index (χ4n) is 3.80. The average molecular weight is 363 g/mol. The van der Waals surface area contributed by atoms with Gasteiger partial charge in [0, 0.05) is 35.3 Å². The number of hydrogen-bond donors (Lipinski definition) is 2. The lowest BCUT2D eigenvalue weighted by molar-refractivity contribution is -0.118. The first kappa shape index (κ1) is 17.5. The van der Waals surface area contributed by atoms with Crippen LogP contribution >= 0.6 is 0 Å². The summed E-state index contributed by atoms with van der Waals surface area (Å²) in [4.78, 5) is 18.8. The van der Waals surface area contributed by atoms with Crippen LogP contribution in [0.15, 0.2) is 47.6 Å². The quantitative estimate of drug-likeness (QED) is 0.680. The second-order valence-electron chi connectivity index (χ2n) is 7.19. The van der Waals surface area contributed by atoms with Gasteiger partial charge in [-0.25, -0.2) is 4.39 Å². The van der Waals surface area contributed by atoms with E-state index in [2.05, 4.69) is 22.1 Å². The standard InChI is InChI=1S/C22H22FN3O/c23-17-5-6-18-19(13-26-21(18)12-17)15-4-7-20-16(11-15)3-1-14(9-10-25-20)2-8-22(24)27/h4-7,10-14,26H,1-3,8-9H2,(H2,24,27). The molecular weight excluding hydrogens is 341 g/mol. The van der Waals surface area contributed by atoms with Crippen LogP contribution in [-0.2, 0) is 11.2 Å². The number of aromatic amines is 1. The molecule has 0 saturated heterocycles. The summed E-state index contributed by atoms with van der Waals surface area (Å²) in [6.45, 7) is 0. The molecule has 3 N–H and O–H groups in total. The topological polar surface area (TPSA) is 71.2 Å². The Labute approximate surface area is 157 Å². The molecular formula is C22H22FN3O. The van der Waals surface area contributed by atoms with Crippen molar-refractivity contribution in [2.75, 3.05) is 0 Å². The number of nitrogens with zero attached hydrogens (tertiary/aromatic N) is 1. The molecule has 0 bridgehead atoms. The number of aryl methyl sites for hydroxylation is 1. The molecule has 1 aliphatic rings. The van der Waals surface area contributed by atoms with E-state index in [9.17, 15) is 9.18 Å². The lowest BCUT2D eigenvalue weighted by Gasteiger charge is -2.18. The van der Waals surface area contributed by atoms with Gasteiger partial charge in [-0.05, 0) is 73.1 Å². The van der Waals surface area contributed by atoms with Crippen LogP contribution in [0.3, 0.4) is 0 Å². The monoisotopic (exact) mass is 363 g/mol. The number of rotatable bonds is 4. The molecule has 1 atom stereocenters. The summed E-state index contributed by atoms with van der Waals surface area (Å²) in [7, 11) is 0. The summed E-state index contributed by atoms with van der Waals surface area (Å²) in [5.74, 6) is -0.0630. The van der Waals surface area contributed by atoms with Crippen LogP contribution in [0, 0.1) is 11.7 Å². The van der Waals surface area contributed by atoms with Gasteiger partial charge in [0.05, 0.1) is 5.69 Å². The minimum Gasteiger partial charge on any atom is -0.370 e. The van der Waals surface area contributed by atoms with E-state index in [1.165, 1.54) is 17.7 Å². The van der Waals surface area contributed by atoms with Crippen molar-refractivity contribution in [3.63, 3.8) is 0 Å². The maximum absolute atomic E-state index is 13.4. The molecule has 4 nitrogen and oxygen atoms in total. The number of amides is 1. The number of benzene rings is 2. The number of aliphatic imine (C=N–C) groups is 1. The van der Waals surface area contributed by atoms with Gasteiger partial charge in [0.1, 0.15) is 5.82 Å². The molecule has 0 spiro atoms. The number of H-pyrrole nitrogens is 1. The fourth-order valence-corrected chi connectivity index (χ4v) is 3.80. The summed E-state index contributed by atoms with van der Waals surface area (Å²) < 4.78 is 13.4. The highest BCUT2D eigenvalue weighted by molar-refractivity contribution is 5.95. The maximum atomic E-state index is 13.4. The van der Waals surface area contributed by atoms with Crippen LogP contribution < -0.4 is 5.73 Å². The molecule has 0 saturated carbocycles. The van der Waals surface area contributed by atoms with Crippen molar-refractivity contribution in [3.05, 3.63) is 54.0 Å². The molecule has 1 amide bonds.